The molecule has 1 N–H and O–H groups in total. The number of carboxylic acids is 1. The number of hydrogen-bond donors (Lipinski definition) is 1. The maximum absolute atomic E-state index is 11.5. The van der Waals surface area contributed by atoms with Gasteiger partial charge in [0.05, 0.1) is 5.41 Å². The van der Waals surface area contributed by atoms with E-state index in [1.54, 1.807) is 0 Å². The summed E-state index contributed by atoms with van der Waals surface area (Å²) in [6.07, 6.45) is 6.19. The van der Waals surface area contributed by atoms with Crippen molar-refractivity contribution in [1.82, 2.24) is 4.90 Å². The lowest BCUT2D eigenvalue weighted by molar-refractivity contribution is -0.150. The molecule has 1 aliphatic carbocycles. The lowest BCUT2D eigenvalue weighted by Crippen LogP contribution is -2.33. The Morgan fingerprint density at radius 3 is 2.73 bits per heavy atom. The molecule has 1 heterocycles. The summed E-state index contributed by atoms with van der Waals surface area (Å²) in [6, 6.07) is 0. The normalized spacial score (nSPS) is 33.7. The molecule has 1 atom stereocenters. The first-order valence-corrected chi connectivity index (χ1v) is 6.04. The summed E-state index contributed by atoms with van der Waals surface area (Å²) in [7, 11) is 2.09. The highest BCUT2D eigenvalue weighted by atomic mass is 16.4. The molecule has 2 aliphatic rings. The number of aliphatic carboxylic acids is 1. The van der Waals surface area contributed by atoms with Crippen LogP contribution in [0.15, 0.2) is 0 Å². The van der Waals surface area contributed by atoms with Crippen LogP contribution in [-0.4, -0.2) is 36.1 Å². The molecular formula is C12H21NO2. The smallest absolute Gasteiger partial charge is 0.309 e. The molecular weight excluding hydrogens is 190 g/mol. The number of carbonyl (C=O) groups is 1. The highest BCUT2D eigenvalue weighted by molar-refractivity contribution is 5.74. The van der Waals surface area contributed by atoms with Crippen molar-refractivity contribution in [2.45, 2.75) is 38.5 Å². The molecule has 15 heavy (non-hydrogen) atoms. The molecule has 1 unspecified atom stereocenters. The SMILES string of the molecule is CN1CCCC(CC2CC2)(C(=O)O)CC1. The summed E-state index contributed by atoms with van der Waals surface area (Å²) in [6.45, 7) is 2.00. The molecule has 0 amide bonds. The molecule has 0 spiro atoms. The lowest BCUT2D eigenvalue weighted by Gasteiger charge is -2.28. The van der Waals surface area contributed by atoms with Gasteiger partial charge < -0.3 is 10.0 Å². The van der Waals surface area contributed by atoms with Crippen molar-refractivity contribution in [2.24, 2.45) is 11.3 Å². The minimum Gasteiger partial charge on any atom is -0.481 e. The van der Waals surface area contributed by atoms with E-state index in [1.807, 2.05) is 0 Å². The van der Waals surface area contributed by atoms with E-state index >= 15 is 0 Å². The molecule has 1 saturated carbocycles. The van der Waals surface area contributed by atoms with Gasteiger partial charge in [0.25, 0.3) is 0 Å². The quantitative estimate of drug-likeness (QED) is 0.776. The maximum Gasteiger partial charge on any atom is 0.309 e. The van der Waals surface area contributed by atoms with Crippen LogP contribution in [0.1, 0.15) is 38.5 Å². The van der Waals surface area contributed by atoms with Gasteiger partial charge in [0.2, 0.25) is 0 Å². The predicted octanol–water partition coefficient (Wildman–Crippen LogP) is 1.97. The first-order chi connectivity index (χ1) is 7.12. The lowest BCUT2D eigenvalue weighted by atomic mass is 9.76. The summed E-state index contributed by atoms with van der Waals surface area (Å²) < 4.78 is 0. The van der Waals surface area contributed by atoms with Crippen molar-refractivity contribution in [1.29, 1.82) is 0 Å². The molecule has 3 heteroatoms. The number of nitrogens with zero attached hydrogens (tertiary/aromatic N) is 1. The van der Waals surface area contributed by atoms with E-state index in [1.165, 1.54) is 12.8 Å². The molecule has 0 aromatic heterocycles. The number of hydrogen-bond acceptors (Lipinski definition) is 2. The Labute approximate surface area is 91.5 Å². The predicted molar refractivity (Wildman–Crippen MR) is 58.8 cm³/mol. The Balaban J connectivity index is 2.05. The minimum atomic E-state index is -0.551. The topological polar surface area (TPSA) is 40.5 Å². The number of carboxylic acid groups (broad SMARTS) is 1. The summed E-state index contributed by atoms with van der Waals surface area (Å²) in [4.78, 5) is 13.7. The fourth-order valence-electron chi connectivity index (χ4n) is 2.71. The average molecular weight is 211 g/mol. The molecule has 2 fully saturated rings. The third-order valence-electron chi connectivity index (χ3n) is 4.00. The average Bonchev–Trinajstić information content (AvgIpc) is 2.97. The van der Waals surface area contributed by atoms with E-state index < -0.39 is 11.4 Å². The molecule has 0 bridgehead atoms. The second-order valence-electron chi connectivity index (χ2n) is 5.39. The van der Waals surface area contributed by atoms with Gasteiger partial charge >= 0.3 is 5.97 Å². The molecule has 1 saturated heterocycles. The van der Waals surface area contributed by atoms with Gasteiger partial charge in [-0.25, -0.2) is 0 Å². The van der Waals surface area contributed by atoms with Crippen LogP contribution >= 0.6 is 0 Å². The van der Waals surface area contributed by atoms with Crippen LogP contribution in [0.3, 0.4) is 0 Å². The highest BCUT2D eigenvalue weighted by Gasteiger charge is 2.43. The Hall–Kier alpha value is -0.570. The fraction of sp³-hybridized carbons (Fsp3) is 0.917. The van der Waals surface area contributed by atoms with E-state index in [9.17, 15) is 9.90 Å². The highest BCUT2D eigenvalue weighted by Crippen LogP contribution is 2.45. The molecule has 1 aliphatic heterocycles. The summed E-state index contributed by atoms with van der Waals surface area (Å²) >= 11 is 0. The molecule has 0 aromatic carbocycles. The van der Waals surface area contributed by atoms with Crippen LogP contribution in [0.4, 0.5) is 0 Å². The van der Waals surface area contributed by atoms with E-state index in [2.05, 4.69) is 11.9 Å². The zero-order valence-electron chi connectivity index (χ0n) is 9.54. The van der Waals surface area contributed by atoms with Crippen molar-refractivity contribution < 1.29 is 9.90 Å². The molecule has 0 radical (unpaired) electrons. The van der Waals surface area contributed by atoms with Crippen LogP contribution < -0.4 is 0 Å². The zero-order chi connectivity index (χ0) is 10.9. The second-order valence-corrected chi connectivity index (χ2v) is 5.39. The van der Waals surface area contributed by atoms with E-state index in [0.717, 1.165) is 38.8 Å². The van der Waals surface area contributed by atoms with Gasteiger partial charge in [-0.05, 0) is 51.7 Å². The van der Waals surface area contributed by atoms with Crippen molar-refractivity contribution >= 4 is 5.97 Å². The minimum absolute atomic E-state index is 0.397. The standard InChI is InChI=1S/C12H21NO2/c1-13-7-2-5-12(6-8-13,11(14)15)9-10-3-4-10/h10H,2-9H2,1H3,(H,14,15). The number of rotatable bonds is 3. The Morgan fingerprint density at radius 1 is 1.40 bits per heavy atom. The Morgan fingerprint density at radius 2 is 2.13 bits per heavy atom. The molecule has 3 nitrogen and oxygen atoms in total. The third kappa shape index (κ3) is 2.51. The van der Waals surface area contributed by atoms with Crippen LogP contribution in [0.2, 0.25) is 0 Å². The summed E-state index contributed by atoms with van der Waals surface area (Å²) in [5.41, 5.74) is -0.397. The largest absolute Gasteiger partial charge is 0.481 e. The monoisotopic (exact) mass is 211 g/mol. The van der Waals surface area contributed by atoms with Gasteiger partial charge in [-0.2, -0.15) is 0 Å². The maximum atomic E-state index is 11.5. The van der Waals surface area contributed by atoms with Crippen molar-refractivity contribution in [3.05, 3.63) is 0 Å². The third-order valence-corrected chi connectivity index (χ3v) is 4.00. The molecule has 0 aromatic rings. The van der Waals surface area contributed by atoms with Crippen LogP contribution in [0.5, 0.6) is 0 Å². The first kappa shape index (κ1) is 10.9. The summed E-state index contributed by atoms with van der Waals surface area (Å²) in [5.74, 6) is 0.161. The van der Waals surface area contributed by atoms with Crippen LogP contribution in [0, 0.1) is 11.3 Å². The number of likely N-dealkylation sites (tertiary alicyclic amines) is 1. The molecule has 86 valence electrons. The molecule has 2 rings (SSSR count). The van der Waals surface area contributed by atoms with E-state index in [4.69, 9.17) is 0 Å². The van der Waals surface area contributed by atoms with Gasteiger partial charge in [0.15, 0.2) is 0 Å². The van der Waals surface area contributed by atoms with Crippen molar-refractivity contribution in [3.8, 4) is 0 Å². The van der Waals surface area contributed by atoms with Gasteiger partial charge in [0.1, 0.15) is 0 Å². The van der Waals surface area contributed by atoms with Crippen LogP contribution in [0.25, 0.3) is 0 Å². The van der Waals surface area contributed by atoms with Gasteiger partial charge in [-0.3, -0.25) is 4.79 Å². The van der Waals surface area contributed by atoms with Crippen LogP contribution in [-0.2, 0) is 4.79 Å². The Kier molecular flexibility index (Phi) is 3.01. The second kappa shape index (κ2) is 4.12. The zero-order valence-corrected chi connectivity index (χ0v) is 9.54. The fourth-order valence-corrected chi connectivity index (χ4v) is 2.71. The van der Waals surface area contributed by atoms with Crippen molar-refractivity contribution in [3.63, 3.8) is 0 Å². The Bertz CT molecular complexity index is 250. The van der Waals surface area contributed by atoms with Gasteiger partial charge in [0, 0.05) is 0 Å². The van der Waals surface area contributed by atoms with Crippen molar-refractivity contribution in [2.75, 3.05) is 20.1 Å². The van der Waals surface area contributed by atoms with E-state index in [-0.39, 0.29) is 0 Å². The van der Waals surface area contributed by atoms with Gasteiger partial charge in [-0.15, -0.1) is 0 Å². The summed E-state index contributed by atoms with van der Waals surface area (Å²) in [5, 5.41) is 9.46. The van der Waals surface area contributed by atoms with Gasteiger partial charge in [-0.1, -0.05) is 12.8 Å². The van der Waals surface area contributed by atoms with E-state index in [0.29, 0.717) is 5.92 Å². The first-order valence-electron chi connectivity index (χ1n) is 6.04.